The second kappa shape index (κ2) is 14.9. The third-order valence-corrected chi connectivity index (χ3v) is 14.9. The highest BCUT2D eigenvalue weighted by Crippen LogP contribution is 2.48. The van der Waals surface area contributed by atoms with E-state index in [1.165, 1.54) is 69.5 Å². The van der Waals surface area contributed by atoms with E-state index in [0.29, 0.717) is 5.84 Å². The average Bonchev–Trinajstić information content (AvgIpc) is 3.86. The van der Waals surface area contributed by atoms with Crippen molar-refractivity contribution < 1.29 is 4.42 Å². The van der Waals surface area contributed by atoms with E-state index in [0.717, 1.165) is 69.3 Å². The molecule has 0 N–H and O–H groups in total. The van der Waals surface area contributed by atoms with Gasteiger partial charge in [-0.2, -0.15) is 0 Å². The summed E-state index contributed by atoms with van der Waals surface area (Å²) < 4.78 is 9.61. The number of thiophene rings is 1. The van der Waals surface area contributed by atoms with Crippen molar-refractivity contribution in [3.63, 3.8) is 0 Å². The highest BCUT2D eigenvalue weighted by Gasteiger charge is 2.31. The van der Waals surface area contributed by atoms with Gasteiger partial charge >= 0.3 is 0 Å². The quantitative estimate of drug-likeness (QED) is 0.174. The fourth-order valence-electron chi connectivity index (χ4n) is 10.6. The molecule has 11 aromatic rings. The molecule has 0 saturated heterocycles. The maximum atomic E-state index is 7.03. The Hall–Kier alpha value is -7.40. The lowest BCUT2D eigenvalue weighted by atomic mass is 9.81. The Bertz CT molecular complexity index is 3800. The van der Waals surface area contributed by atoms with Gasteiger partial charge in [0.15, 0.2) is 5.84 Å². The number of furan rings is 1. The van der Waals surface area contributed by atoms with Crippen molar-refractivity contribution in [3.8, 4) is 11.1 Å². The van der Waals surface area contributed by atoms with E-state index in [1.807, 2.05) is 11.3 Å². The van der Waals surface area contributed by atoms with Gasteiger partial charge in [0.2, 0.25) is 0 Å². The van der Waals surface area contributed by atoms with Crippen LogP contribution in [-0.2, 0) is 6.42 Å². The lowest BCUT2D eigenvalue weighted by molar-refractivity contribution is 0.646. The zero-order valence-corrected chi connectivity index (χ0v) is 36.2. The zero-order valence-electron chi connectivity index (χ0n) is 35.4. The first-order valence-electron chi connectivity index (χ1n) is 22.4. The predicted octanol–water partition coefficient (Wildman–Crippen LogP) is 16.3. The third-order valence-electron chi connectivity index (χ3n) is 13.8. The molecule has 0 spiro atoms. The van der Waals surface area contributed by atoms with Crippen LogP contribution in [-0.4, -0.2) is 11.5 Å². The summed E-state index contributed by atoms with van der Waals surface area (Å²) in [5.74, 6) is 0.876. The molecule has 4 heteroatoms. The number of hydrogen-bond acceptors (Lipinski definition) is 4. The van der Waals surface area contributed by atoms with Crippen LogP contribution in [0.3, 0.4) is 0 Å². The third kappa shape index (κ3) is 6.08. The summed E-state index contributed by atoms with van der Waals surface area (Å²) in [5.41, 5.74) is 13.6. The van der Waals surface area contributed by atoms with Gasteiger partial charge in [0.05, 0.1) is 11.4 Å². The fourth-order valence-corrected chi connectivity index (χ4v) is 11.7. The van der Waals surface area contributed by atoms with Gasteiger partial charge in [-0.05, 0) is 105 Å². The molecule has 0 radical (unpaired) electrons. The Morgan fingerprint density at radius 2 is 1.23 bits per heavy atom. The number of aliphatic imine (C=N–C) groups is 2. The van der Waals surface area contributed by atoms with Crippen molar-refractivity contribution in [2.45, 2.75) is 32.1 Å². The van der Waals surface area contributed by atoms with Crippen LogP contribution >= 0.6 is 11.3 Å². The molecule has 0 saturated carbocycles. The van der Waals surface area contributed by atoms with Crippen molar-refractivity contribution in [2.75, 3.05) is 0 Å². The molecule has 2 atom stereocenters. The van der Waals surface area contributed by atoms with E-state index in [1.54, 1.807) is 0 Å². The van der Waals surface area contributed by atoms with Crippen LogP contribution < -0.4 is 0 Å². The van der Waals surface area contributed by atoms with Crippen LogP contribution in [0.1, 0.15) is 59.1 Å². The molecular formula is C60H42N2OS. The van der Waals surface area contributed by atoms with Crippen molar-refractivity contribution in [1.82, 2.24) is 0 Å². The average molecular weight is 839 g/mol. The van der Waals surface area contributed by atoms with E-state index < -0.39 is 0 Å². The minimum Gasteiger partial charge on any atom is -0.456 e. The lowest BCUT2D eigenvalue weighted by Crippen LogP contribution is -2.17. The summed E-state index contributed by atoms with van der Waals surface area (Å²) in [5, 5.41) is 9.77. The van der Waals surface area contributed by atoms with Crippen molar-refractivity contribution >= 4 is 92.2 Å². The van der Waals surface area contributed by atoms with Crippen LogP contribution in [0.25, 0.3) is 80.5 Å². The van der Waals surface area contributed by atoms with Crippen LogP contribution in [0.5, 0.6) is 0 Å². The Morgan fingerprint density at radius 3 is 2.12 bits per heavy atom. The molecular weight excluding hydrogens is 797 g/mol. The monoisotopic (exact) mass is 838 g/mol. The molecule has 13 rings (SSSR count). The first-order valence-corrected chi connectivity index (χ1v) is 23.3. The summed E-state index contributed by atoms with van der Waals surface area (Å²) >= 11 is 1.85. The molecule has 0 bridgehead atoms. The second-order valence-corrected chi connectivity index (χ2v) is 18.7. The molecule has 304 valence electrons. The highest BCUT2D eigenvalue weighted by molar-refractivity contribution is 7.25. The molecule has 0 fully saturated rings. The fraction of sp³-hybridized carbons (Fsp3) is 0.100. The topological polar surface area (TPSA) is 37.9 Å². The van der Waals surface area contributed by atoms with Crippen molar-refractivity contribution in [3.05, 3.63) is 221 Å². The number of hydrogen-bond donors (Lipinski definition) is 0. The van der Waals surface area contributed by atoms with E-state index >= 15 is 0 Å². The SMILES string of the molecule is CC1C/C=C(\c2ccc3c(oc4ccccc43)c2C2CCc3cc4ccccc4cc3-c3ccccc32)N=C(c2ccc3ccccc3c2)N=C1c1ccc2c(c1)sc1ccccc12. The van der Waals surface area contributed by atoms with Gasteiger partial charge in [0.25, 0.3) is 0 Å². The smallest absolute Gasteiger partial charge is 0.160 e. The molecule has 3 heterocycles. The normalized spacial score (nSPS) is 17.4. The minimum atomic E-state index is 0.0427. The summed E-state index contributed by atoms with van der Waals surface area (Å²) in [6.07, 6.45) is 5.02. The van der Waals surface area contributed by atoms with Gasteiger partial charge in [-0.1, -0.05) is 159 Å². The largest absolute Gasteiger partial charge is 0.456 e. The van der Waals surface area contributed by atoms with E-state index in [4.69, 9.17) is 14.4 Å². The van der Waals surface area contributed by atoms with Gasteiger partial charge in [-0.25, -0.2) is 9.98 Å². The molecule has 1 aliphatic carbocycles. The van der Waals surface area contributed by atoms with Gasteiger partial charge in [0.1, 0.15) is 11.2 Å². The lowest BCUT2D eigenvalue weighted by Gasteiger charge is -2.24. The standard InChI is InChI=1S/C60H42N2OS/c1-36-22-31-53(61-60(43-24-23-37-12-2-3-13-38(37)33-43)62-58(36)42-26-27-48-47-19-9-11-21-55(47)64-56(48)35-42)51-30-29-50-46-18-8-10-20-54(46)63-59(50)57(51)49-28-25-41-32-39-14-4-5-15-40(39)34-52(41)45-17-7-6-16-44(45)49/h2-21,23-24,26-27,29-36,49H,22,25,28H2,1H3/b53-31+,61-60?,62-58?. The Kier molecular flexibility index (Phi) is 8.64. The number of amidine groups is 1. The molecule has 0 amide bonds. The number of benzene rings is 9. The number of nitrogens with zero attached hydrogens (tertiary/aromatic N) is 2. The van der Waals surface area contributed by atoms with Gasteiger partial charge < -0.3 is 4.42 Å². The molecule has 2 unspecified atom stereocenters. The van der Waals surface area contributed by atoms with Crippen LogP contribution in [0, 0.1) is 5.92 Å². The molecule has 2 aromatic heterocycles. The van der Waals surface area contributed by atoms with Gasteiger partial charge in [-0.15, -0.1) is 11.3 Å². The maximum Gasteiger partial charge on any atom is 0.160 e. The summed E-state index contributed by atoms with van der Waals surface area (Å²) in [6, 6.07) is 66.5. The summed E-state index contributed by atoms with van der Waals surface area (Å²) in [7, 11) is 0. The highest BCUT2D eigenvalue weighted by atomic mass is 32.1. The van der Waals surface area contributed by atoms with Crippen LogP contribution in [0.4, 0.5) is 0 Å². The minimum absolute atomic E-state index is 0.0427. The molecule has 9 aromatic carbocycles. The summed E-state index contributed by atoms with van der Waals surface area (Å²) in [4.78, 5) is 11.4. The number of rotatable bonds is 4. The van der Waals surface area contributed by atoms with E-state index in [2.05, 4.69) is 195 Å². The molecule has 64 heavy (non-hydrogen) atoms. The van der Waals surface area contributed by atoms with Crippen molar-refractivity contribution in [2.24, 2.45) is 15.9 Å². The maximum absolute atomic E-state index is 7.03. The van der Waals surface area contributed by atoms with E-state index in [9.17, 15) is 0 Å². The molecule has 2 aliphatic rings. The Labute approximate surface area is 375 Å². The van der Waals surface area contributed by atoms with Gasteiger partial charge in [-0.3, -0.25) is 0 Å². The van der Waals surface area contributed by atoms with Crippen molar-refractivity contribution in [1.29, 1.82) is 0 Å². The molecule has 1 aliphatic heterocycles. The summed E-state index contributed by atoms with van der Waals surface area (Å²) in [6.45, 7) is 2.32. The molecule has 3 nitrogen and oxygen atoms in total. The number of fused-ring (bicyclic) bond motifs is 11. The predicted molar refractivity (Wildman–Crippen MR) is 271 cm³/mol. The first kappa shape index (κ1) is 37.2. The zero-order chi connectivity index (χ0) is 42.3. The van der Waals surface area contributed by atoms with E-state index in [-0.39, 0.29) is 11.8 Å². The van der Waals surface area contributed by atoms with Gasteiger partial charge in [0, 0.05) is 59.5 Å². The Morgan fingerprint density at radius 1 is 0.531 bits per heavy atom. The Balaban J connectivity index is 1.03. The van der Waals surface area contributed by atoms with Crippen LogP contribution in [0.15, 0.2) is 202 Å². The first-order chi connectivity index (χ1) is 31.6. The number of aryl methyl sites for hydroxylation is 1. The second-order valence-electron chi connectivity index (χ2n) is 17.6. The number of allylic oxidation sites excluding steroid dienone is 1. The van der Waals surface area contributed by atoms with Crippen LogP contribution in [0.2, 0.25) is 0 Å². The number of para-hydroxylation sites is 1.